The van der Waals surface area contributed by atoms with Gasteiger partial charge in [0.05, 0.1) is 17.6 Å². The Morgan fingerprint density at radius 1 is 1.11 bits per heavy atom. The lowest BCUT2D eigenvalue weighted by Gasteiger charge is -2.21. The molecule has 4 N–H and O–H groups in total. The van der Waals surface area contributed by atoms with E-state index in [2.05, 4.69) is 5.43 Å². The maximum absolute atomic E-state index is 11.1. The van der Waals surface area contributed by atoms with Crippen LogP contribution in [0.15, 0.2) is 54.6 Å². The van der Waals surface area contributed by atoms with Crippen LogP contribution in [0.5, 0.6) is 5.75 Å². The molecular weight excluding hydrogens is 368 g/mol. The average molecular weight is 387 g/mol. The summed E-state index contributed by atoms with van der Waals surface area (Å²) in [7, 11) is 1.37. The summed E-state index contributed by atoms with van der Waals surface area (Å²) < 4.78 is 5.15. The second-order valence-electron chi connectivity index (χ2n) is 5.94. The smallest absolute Gasteiger partial charge is 0.335 e. The summed E-state index contributed by atoms with van der Waals surface area (Å²) in [5.74, 6) is -0.925. The molecular formula is C19H19N2O5S+. The molecule has 3 rings (SSSR count). The van der Waals surface area contributed by atoms with E-state index in [1.54, 1.807) is 12.1 Å². The molecule has 7 nitrogen and oxygen atoms in total. The average Bonchev–Trinajstić information content (AvgIpc) is 3.13. The maximum atomic E-state index is 11.1. The molecule has 27 heavy (non-hydrogen) atoms. The van der Waals surface area contributed by atoms with E-state index < -0.39 is 10.9 Å². The normalized spacial score (nSPS) is 11.3. The zero-order valence-electron chi connectivity index (χ0n) is 14.7. The van der Waals surface area contributed by atoms with E-state index in [4.69, 9.17) is 9.84 Å². The second kappa shape index (κ2) is 7.37. The Bertz CT molecular complexity index is 984. The molecule has 0 atom stereocenters. The number of carbonyl (C=O) groups is 1. The highest BCUT2D eigenvalue weighted by Crippen LogP contribution is 2.37. The van der Waals surface area contributed by atoms with Crippen molar-refractivity contribution in [1.29, 1.82) is 0 Å². The number of nitrogens with one attached hydrogen (secondary N) is 1. The first kappa shape index (κ1) is 18.9. The third-order valence-corrected chi connectivity index (χ3v) is 5.12. The summed E-state index contributed by atoms with van der Waals surface area (Å²) in [6.07, 6.45) is 0. The molecule has 3 aromatic rings. The van der Waals surface area contributed by atoms with Crippen LogP contribution >= 0.6 is 11.3 Å². The van der Waals surface area contributed by atoms with E-state index in [0.717, 1.165) is 16.0 Å². The molecule has 140 valence electrons. The van der Waals surface area contributed by atoms with Crippen LogP contribution in [0.3, 0.4) is 0 Å². The van der Waals surface area contributed by atoms with E-state index in [9.17, 15) is 15.2 Å². The van der Waals surface area contributed by atoms with Gasteiger partial charge in [0.25, 0.3) is 5.00 Å². The fraction of sp³-hybridized carbons (Fsp3) is 0.105. The topological polar surface area (TPSA) is 99.0 Å². The summed E-state index contributed by atoms with van der Waals surface area (Å²) in [6, 6.07) is 15.4. The summed E-state index contributed by atoms with van der Waals surface area (Å²) in [4.78, 5) is 10.4. The SMILES string of the molecule is COc1cc(C(=O)O)ccc1N[N+](O)(O)c1ccc(-c2cccc(C)c2)s1. The van der Waals surface area contributed by atoms with Crippen molar-refractivity contribution in [2.45, 2.75) is 6.92 Å². The van der Waals surface area contributed by atoms with Crippen molar-refractivity contribution in [1.82, 2.24) is 4.92 Å². The number of carboxylic acid groups (broad SMARTS) is 1. The third kappa shape index (κ3) is 4.09. The van der Waals surface area contributed by atoms with E-state index in [1.165, 1.54) is 36.6 Å². The van der Waals surface area contributed by atoms with Crippen molar-refractivity contribution in [2.75, 3.05) is 12.5 Å². The molecule has 0 aliphatic carbocycles. The van der Waals surface area contributed by atoms with Gasteiger partial charge in [-0.25, -0.2) is 4.79 Å². The number of quaternary nitrogens is 1. The quantitative estimate of drug-likeness (QED) is 0.366. The zero-order valence-corrected chi connectivity index (χ0v) is 15.5. The van der Waals surface area contributed by atoms with Crippen LogP contribution in [0.25, 0.3) is 10.4 Å². The van der Waals surface area contributed by atoms with E-state index in [0.29, 0.717) is 0 Å². The molecule has 0 saturated heterocycles. The second-order valence-corrected chi connectivity index (χ2v) is 7.00. The first-order valence-corrected chi connectivity index (χ1v) is 8.83. The molecule has 0 aliphatic heterocycles. The summed E-state index contributed by atoms with van der Waals surface area (Å²) in [5.41, 5.74) is 4.89. The lowest BCUT2D eigenvalue weighted by atomic mass is 10.1. The monoisotopic (exact) mass is 387 g/mol. The van der Waals surface area contributed by atoms with Crippen molar-refractivity contribution in [3.05, 3.63) is 65.7 Å². The standard InChI is InChI=1S/C19H18N2O5S/c1-12-4-3-5-13(10-12)17-8-9-18(27-17)21(24,25)20-15-7-6-14(19(22)23)11-16(15)26-2/h3-11,20,24-25H,1-2H3/p+1. The Labute approximate surface area is 159 Å². The highest BCUT2D eigenvalue weighted by Gasteiger charge is 2.31. The molecule has 0 spiro atoms. The number of nitrogens with zero attached hydrogens (tertiary/aromatic N) is 1. The van der Waals surface area contributed by atoms with Crippen LogP contribution in [0.4, 0.5) is 10.7 Å². The Kier molecular flexibility index (Phi) is 5.15. The van der Waals surface area contributed by atoms with Gasteiger partial charge in [0.1, 0.15) is 11.4 Å². The summed E-state index contributed by atoms with van der Waals surface area (Å²) in [6.45, 7) is 1.99. The molecule has 8 heteroatoms. The molecule has 0 aliphatic rings. The third-order valence-electron chi connectivity index (χ3n) is 3.93. The Hall–Kier alpha value is -2.91. The molecule has 0 bridgehead atoms. The van der Waals surface area contributed by atoms with Gasteiger partial charge in [-0.3, -0.25) is 0 Å². The molecule has 1 aromatic heterocycles. The van der Waals surface area contributed by atoms with Gasteiger partial charge in [-0.1, -0.05) is 41.2 Å². The van der Waals surface area contributed by atoms with Gasteiger partial charge in [-0.2, -0.15) is 5.43 Å². The summed E-state index contributed by atoms with van der Waals surface area (Å²) in [5, 5.41) is 30.2. The fourth-order valence-electron chi connectivity index (χ4n) is 2.59. The van der Waals surface area contributed by atoms with Gasteiger partial charge in [0.2, 0.25) is 0 Å². The molecule has 0 amide bonds. The number of benzene rings is 2. The zero-order chi connectivity index (χ0) is 19.6. The van der Waals surface area contributed by atoms with Crippen molar-refractivity contribution < 1.29 is 25.1 Å². The van der Waals surface area contributed by atoms with E-state index in [-0.39, 0.29) is 22.0 Å². The van der Waals surface area contributed by atoms with Gasteiger partial charge < -0.3 is 9.84 Å². The Balaban J connectivity index is 1.88. The number of carboxylic acids is 1. The maximum Gasteiger partial charge on any atom is 0.335 e. The van der Waals surface area contributed by atoms with Crippen LogP contribution in [0.1, 0.15) is 15.9 Å². The fourth-order valence-corrected chi connectivity index (χ4v) is 3.50. The number of methoxy groups -OCH3 is 1. The van der Waals surface area contributed by atoms with Crippen molar-refractivity contribution in [2.24, 2.45) is 0 Å². The van der Waals surface area contributed by atoms with Gasteiger partial charge in [-0.05, 0) is 36.8 Å². The van der Waals surface area contributed by atoms with Gasteiger partial charge in [0, 0.05) is 10.9 Å². The highest BCUT2D eigenvalue weighted by atomic mass is 32.1. The van der Waals surface area contributed by atoms with Crippen molar-refractivity contribution >= 4 is 28.0 Å². The van der Waals surface area contributed by atoms with Crippen molar-refractivity contribution in [3.8, 4) is 16.2 Å². The van der Waals surface area contributed by atoms with Gasteiger partial charge >= 0.3 is 5.97 Å². The van der Waals surface area contributed by atoms with Crippen LogP contribution in [0, 0.1) is 6.92 Å². The lowest BCUT2D eigenvalue weighted by Crippen LogP contribution is -2.47. The lowest BCUT2D eigenvalue weighted by molar-refractivity contribution is -0.270. The van der Waals surface area contributed by atoms with Crippen LogP contribution < -0.4 is 15.1 Å². The number of hydrogen-bond acceptors (Lipinski definition) is 6. The van der Waals surface area contributed by atoms with Crippen LogP contribution in [-0.4, -0.2) is 28.6 Å². The van der Waals surface area contributed by atoms with Crippen LogP contribution in [-0.2, 0) is 0 Å². The number of rotatable bonds is 6. The Morgan fingerprint density at radius 2 is 1.89 bits per heavy atom. The largest absolute Gasteiger partial charge is 0.494 e. The minimum Gasteiger partial charge on any atom is -0.494 e. The molecule has 1 heterocycles. The minimum absolute atomic E-state index is 0.0317. The van der Waals surface area contributed by atoms with E-state index >= 15 is 0 Å². The molecule has 0 radical (unpaired) electrons. The predicted octanol–water partition coefficient (Wildman–Crippen LogP) is 4.54. The number of anilines is 1. The van der Waals surface area contributed by atoms with Crippen LogP contribution in [0.2, 0.25) is 0 Å². The van der Waals surface area contributed by atoms with Gasteiger partial charge in [0.15, 0.2) is 0 Å². The molecule has 2 aromatic carbocycles. The first-order valence-electron chi connectivity index (χ1n) is 8.02. The number of thiophene rings is 1. The first-order chi connectivity index (χ1) is 12.8. The summed E-state index contributed by atoms with van der Waals surface area (Å²) >= 11 is 1.22. The predicted molar refractivity (Wildman–Crippen MR) is 103 cm³/mol. The number of hydrogen-bond donors (Lipinski definition) is 4. The van der Waals surface area contributed by atoms with Gasteiger partial charge in [-0.15, -0.1) is 10.4 Å². The van der Waals surface area contributed by atoms with E-state index in [1.807, 2.05) is 31.2 Å². The number of ether oxygens (including phenoxy) is 1. The minimum atomic E-state index is -1.60. The molecule has 0 saturated carbocycles. The Morgan fingerprint density at radius 3 is 2.56 bits per heavy atom. The molecule has 0 unspecified atom stereocenters. The molecule has 0 fully saturated rings. The van der Waals surface area contributed by atoms with Crippen molar-refractivity contribution in [3.63, 3.8) is 0 Å². The highest BCUT2D eigenvalue weighted by molar-refractivity contribution is 7.19. The number of aryl methyl sites for hydroxylation is 1. The number of aromatic carboxylic acids is 1.